The normalized spacial score (nSPS) is 16.9. The highest BCUT2D eigenvalue weighted by molar-refractivity contribution is 5.78. The van der Waals surface area contributed by atoms with Crippen molar-refractivity contribution in [2.45, 2.75) is 45.1 Å². The van der Waals surface area contributed by atoms with Gasteiger partial charge in [-0.05, 0) is 12.8 Å². The van der Waals surface area contributed by atoms with E-state index in [4.69, 9.17) is 4.52 Å². The monoisotopic (exact) mass is 209 g/mol. The third kappa shape index (κ3) is 2.78. The van der Waals surface area contributed by atoms with Gasteiger partial charge in [-0.3, -0.25) is 4.79 Å². The highest BCUT2D eigenvalue weighted by atomic mass is 16.5. The van der Waals surface area contributed by atoms with E-state index in [1.165, 1.54) is 12.8 Å². The van der Waals surface area contributed by atoms with E-state index in [2.05, 4.69) is 15.5 Å². The van der Waals surface area contributed by atoms with Crippen molar-refractivity contribution in [3.05, 3.63) is 11.7 Å². The van der Waals surface area contributed by atoms with Crippen LogP contribution < -0.4 is 5.32 Å². The highest BCUT2D eigenvalue weighted by Gasteiger charge is 2.18. The van der Waals surface area contributed by atoms with Gasteiger partial charge in [-0.25, -0.2) is 0 Å². The van der Waals surface area contributed by atoms with E-state index < -0.39 is 0 Å². The molecule has 1 aromatic heterocycles. The summed E-state index contributed by atoms with van der Waals surface area (Å²) in [6.45, 7) is 1.71. The third-order valence-electron chi connectivity index (χ3n) is 2.61. The fraction of sp³-hybridized carbons (Fsp3) is 0.700. The third-order valence-corrected chi connectivity index (χ3v) is 2.61. The minimum atomic E-state index is -0.0114. The summed E-state index contributed by atoms with van der Waals surface area (Å²) < 4.78 is 4.79. The summed E-state index contributed by atoms with van der Waals surface area (Å²) in [6.07, 6.45) is 4.83. The molecule has 15 heavy (non-hydrogen) atoms. The number of aryl methyl sites for hydroxylation is 1. The average Bonchev–Trinajstić information content (AvgIpc) is 2.77. The van der Waals surface area contributed by atoms with Crippen molar-refractivity contribution < 1.29 is 9.32 Å². The van der Waals surface area contributed by atoms with Crippen LogP contribution in [0.3, 0.4) is 0 Å². The van der Waals surface area contributed by atoms with Gasteiger partial charge in [-0.1, -0.05) is 18.0 Å². The Morgan fingerprint density at radius 2 is 2.27 bits per heavy atom. The number of hydrogen-bond donors (Lipinski definition) is 1. The number of aromatic nitrogens is 2. The van der Waals surface area contributed by atoms with Crippen LogP contribution in [0, 0.1) is 6.92 Å². The van der Waals surface area contributed by atoms with Crippen LogP contribution in [0.4, 0.5) is 0 Å². The molecule has 0 spiro atoms. The second-order valence-electron chi connectivity index (χ2n) is 3.96. The summed E-state index contributed by atoms with van der Waals surface area (Å²) in [5.41, 5.74) is 0. The molecule has 5 heteroatoms. The molecule has 0 saturated heterocycles. The maximum Gasteiger partial charge on any atom is 0.228 e. The Kier molecular flexibility index (Phi) is 2.99. The van der Waals surface area contributed by atoms with Gasteiger partial charge < -0.3 is 9.84 Å². The van der Waals surface area contributed by atoms with Gasteiger partial charge in [0.1, 0.15) is 0 Å². The number of amides is 1. The number of rotatable bonds is 3. The summed E-state index contributed by atoms with van der Waals surface area (Å²) in [6, 6.07) is 0.352. The molecule has 1 aromatic rings. The van der Waals surface area contributed by atoms with Gasteiger partial charge in [0.15, 0.2) is 5.82 Å². The molecular formula is C10H15N3O2. The van der Waals surface area contributed by atoms with Crippen LogP contribution in [-0.4, -0.2) is 22.1 Å². The first-order valence-corrected chi connectivity index (χ1v) is 5.32. The fourth-order valence-electron chi connectivity index (χ4n) is 1.91. The van der Waals surface area contributed by atoms with Crippen LogP contribution in [0.15, 0.2) is 4.52 Å². The van der Waals surface area contributed by atoms with Crippen molar-refractivity contribution in [1.82, 2.24) is 15.5 Å². The average molecular weight is 209 g/mol. The van der Waals surface area contributed by atoms with E-state index in [-0.39, 0.29) is 12.3 Å². The highest BCUT2D eigenvalue weighted by Crippen LogP contribution is 2.17. The SMILES string of the molecule is Cc1nc(CC(=O)NC2CCCC2)no1. The number of nitrogens with zero attached hydrogens (tertiary/aromatic N) is 2. The minimum absolute atomic E-state index is 0.0114. The van der Waals surface area contributed by atoms with Crippen LogP contribution >= 0.6 is 0 Å². The molecule has 82 valence electrons. The first kappa shape index (κ1) is 10.1. The zero-order chi connectivity index (χ0) is 10.7. The Morgan fingerprint density at radius 3 is 2.87 bits per heavy atom. The quantitative estimate of drug-likeness (QED) is 0.805. The predicted molar refractivity (Wildman–Crippen MR) is 53.1 cm³/mol. The molecule has 0 unspecified atom stereocenters. The summed E-state index contributed by atoms with van der Waals surface area (Å²) in [7, 11) is 0. The van der Waals surface area contributed by atoms with Gasteiger partial charge in [0.2, 0.25) is 11.8 Å². The lowest BCUT2D eigenvalue weighted by Crippen LogP contribution is -2.33. The van der Waals surface area contributed by atoms with Crippen molar-refractivity contribution in [2.24, 2.45) is 0 Å². The lowest BCUT2D eigenvalue weighted by Gasteiger charge is -2.10. The van der Waals surface area contributed by atoms with Crippen molar-refractivity contribution in [1.29, 1.82) is 0 Å². The maximum atomic E-state index is 11.5. The smallest absolute Gasteiger partial charge is 0.228 e. The van der Waals surface area contributed by atoms with Crippen LogP contribution in [0.2, 0.25) is 0 Å². The number of carbonyl (C=O) groups excluding carboxylic acids is 1. The zero-order valence-electron chi connectivity index (χ0n) is 8.82. The summed E-state index contributed by atoms with van der Waals surface area (Å²) in [5, 5.41) is 6.66. The lowest BCUT2D eigenvalue weighted by atomic mass is 10.2. The molecule has 5 nitrogen and oxygen atoms in total. The molecule has 1 saturated carbocycles. The molecule has 0 radical (unpaired) electrons. The number of nitrogens with one attached hydrogen (secondary N) is 1. The van der Waals surface area contributed by atoms with E-state index in [9.17, 15) is 4.79 Å². The van der Waals surface area contributed by atoms with Gasteiger partial charge in [-0.2, -0.15) is 4.98 Å². The van der Waals surface area contributed by atoms with E-state index >= 15 is 0 Å². The minimum Gasteiger partial charge on any atom is -0.353 e. The van der Waals surface area contributed by atoms with Crippen molar-refractivity contribution >= 4 is 5.91 Å². The molecule has 0 aliphatic heterocycles. The second kappa shape index (κ2) is 4.42. The first-order chi connectivity index (χ1) is 7.24. The molecule has 2 rings (SSSR count). The Morgan fingerprint density at radius 1 is 1.53 bits per heavy atom. The molecule has 1 fully saturated rings. The molecule has 0 aromatic carbocycles. The topological polar surface area (TPSA) is 68.0 Å². The van der Waals surface area contributed by atoms with Gasteiger partial charge in [0.05, 0.1) is 6.42 Å². The van der Waals surface area contributed by atoms with E-state index in [1.54, 1.807) is 6.92 Å². The molecule has 1 aliphatic carbocycles. The Bertz CT molecular complexity index is 342. The fourth-order valence-corrected chi connectivity index (χ4v) is 1.91. The van der Waals surface area contributed by atoms with E-state index in [0.717, 1.165) is 12.8 Å². The number of carbonyl (C=O) groups is 1. The molecule has 1 heterocycles. The van der Waals surface area contributed by atoms with Crippen LogP contribution in [0.5, 0.6) is 0 Å². The molecule has 0 bridgehead atoms. The molecule has 1 N–H and O–H groups in total. The number of hydrogen-bond acceptors (Lipinski definition) is 4. The molecule has 1 amide bonds. The molecule has 0 atom stereocenters. The van der Waals surface area contributed by atoms with Gasteiger partial charge in [0, 0.05) is 13.0 Å². The summed E-state index contributed by atoms with van der Waals surface area (Å²) in [5.74, 6) is 0.948. The van der Waals surface area contributed by atoms with Gasteiger partial charge in [-0.15, -0.1) is 0 Å². The Labute approximate surface area is 88.2 Å². The Hall–Kier alpha value is -1.39. The summed E-state index contributed by atoms with van der Waals surface area (Å²) >= 11 is 0. The summed E-state index contributed by atoms with van der Waals surface area (Å²) in [4.78, 5) is 15.5. The van der Waals surface area contributed by atoms with Crippen molar-refractivity contribution in [2.75, 3.05) is 0 Å². The van der Waals surface area contributed by atoms with E-state index in [0.29, 0.717) is 17.8 Å². The second-order valence-corrected chi connectivity index (χ2v) is 3.96. The van der Waals surface area contributed by atoms with Gasteiger partial charge >= 0.3 is 0 Å². The predicted octanol–water partition coefficient (Wildman–Crippen LogP) is 0.979. The largest absolute Gasteiger partial charge is 0.353 e. The van der Waals surface area contributed by atoms with Crippen LogP contribution in [0.1, 0.15) is 37.4 Å². The first-order valence-electron chi connectivity index (χ1n) is 5.32. The van der Waals surface area contributed by atoms with Gasteiger partial charge in [0.25, 0.3) is 0 Å². The lowest BCUT2D eigenvalue weighted by molar-refractivity contribution is -0.121. The molecule has 1 aliphatic rings. The van der Waals surface area contributed by atoms with Crippen LogP contribution in [-0.2, 0) is 11.2 Å². The standard InChI is InChI=1S/C10H15N3O2/c1-7-11-9(13-15-7)6-10(14)12-8-4-2-3-5-8/h8H,2-6H2,1H3,(H,12,14). The van der Waals surface area contributed by atoms with E-state index in [1.807, 2.05) is 0 Å². The Balaban J connectivity index is 1.81. The van der Waals surface area contributed by atoms with Crippen molar-refractivity contribution in [3.8, 4) is 0 Å². The van der Waals surface area contributed by atoms with Crippen molar-refractivity contribution in [3.63, 3.8) is 0 Å². The zero-order valence-corrected chi connectivity index (χ0v) is 8.82. The maximum absolute atomic E-state index is 11.5. The van der Waals surface area contributed by atoms with Crippen LogP contribution in [0.25, 0.3) is 0 Å². The molecular weight excluding hydrogens is 194 g/mol.